The molecule has 0 amide bonds. The fourth-order valence-corrected chi connectivity index (χ4v) is 1.41. The molecule has 5 nitrogen and oxygen atoms in total. The zero-order valence-corrected chi connectivity index (χ0v) is 11.4. The normalized spacial score (nSPS) is 10.6. The summed E-state index contributed by atoms with van der Waals surface area (Å²) in [6, 6.07) is 6.89. The Morgan fingerprint density at radius 1 is 1.47 bits per heavy atom. The van der Waals surface area contributed by atoms with Crippen molar-refractivity contribution in [2.45, 2.75) is 20.3 Å². The maximum atomic E-state index is 11.9. The topological polar surface area (TPSA) is 85.3 Å². The van der Waals surface area contributed by atoms with Crippen LogP contribution < -0.4 is 10.5 Å². The van der Waals surface area contributed by atoms with E-state index < -0.39 is 11.4 Å². The van der Waals surface area contributed by atoms with E-state index in [1.807, 2.05) is 0 Å². The lowest BCUT2D eigenvalue weighted by Gasteiger charge is -2.15. The summed E-state index contributed by atoms with van der Waals surface area (Å²) in [6.07, 6.45) is 0.479. The molecule has 2 N–H and O–H groups in total. The van der Waals surface area contributed by atoms with Crippen LogP contribution in [0.4, 0.5) is 5.69 Å². The molecule has 0 unspecified atom stereocenters. The molecule has 0 aliphatic heterocycles. The van der Waals surface area contributed by atoms with Crippen LogP contribution in [-0.4, -0.2) is 19.7 Å². The van der Waals surface area contributed by atoms with Crippen LogP contribution in [0.2, 0.25) is 0 Å². The van der Waals surface area contributed by atoms with E-state index in [2.05, 4.69) is 6.07 Å². The van der Waals surface area contributed by atoms with Gasteiger partial charge in [-0.2, -0.15) is 5.26 Å². The Labute approximate surface area is 112 Å². The average Bonchev–Trinajstić information content (AvgIpc) is 2.38. The predicted octanol–water partition coefficient (Wildman–Crippen LogP) is 2.37. The highest BCUT2D eigenvalue weighted by Gasteiger charge is 2.19. The van der Waals surface area contributed by atoms with E-state index in [9.17, 15) is 4.79 Å². The molecular weight excluding hydrogens is 244 g/mol. The number of nitrogens with two attached hydrogens (primary N) is 1. The molecule has 0 radical (unpaired) electrons. The van der Waals surface area contributed by atoms with Gasteiger partial charge in [-0.15, -0.1) is 0 Å². The number of hydrogen-bond acceptors (Lipinski definition) is 5. The van der Waals surface area contributed by atoms with Gasteiger partial charge in [0.15, 0.2) is 0 Å². The van der Waals surface area contributed by atoms with Gasteiger partial charge in [0.05, 0.1) is 25.2 Å². The van der Waals surface area contributed by atoms with Gasteiger partial charge < -0.3 is 15.2 Å². The molecule has 0 spiro atoms. The first-order chi connectivity index (χ1) is 8.89. The first-order valence-electron chi connectivity index (χ1n) is 5.91. The van der Waals surface area contributed by atoms with Crippen molar-refractivity contribution in [3.63, 3.8) is 0 Å². The molecule has 0 aliphatic rings. The van der Waals surface area contributed by atoms with Gasteiger partial charge in [0, 0.05) is 11.8 Å². The van der Waals surface area contributed by atoms with Crippen molar-refractivity contribution in [3.8, 4) is 11.8 Å². The van der Waals surface area contributed by atoms with E-state index >= 15 is 0 Å². The van der Waals surface area contributed by atoms with E-state index in [0.29, 0.717) is 23.4 Å². The lowest BCUT2D eigenvalue weighted by atomic mass is 9.92. The zero-order chi connectivity index (χ0) is 14.5. The Morgan fingerprint density at radius 3 is 2.74 bits per heavy atom. The lowest BCUT2D eigenvalue weighted by molar-refractivity contribution is 0.0471. The molecule has 0 saturated heterocycles. The first kappa shape index (κ1) is 14.8. The molecule has 1 rings (SSSR count). The van der Waals surface area contributed by atoms with Crippen LogP contribution in [0, 0.1) is 16.7 Å². The van der Waals surface area contributed by atoms with Gasteiger partial charge >= 0.3 is 5.97 Å². The highest BCUT2D eigenvalue weighted by Crippen LogP contribution is 2.23. The van der Waals surface area contributed by atoms with Gasteiger partial charge in [0.1, 0.15) is 11.3 Å². The number of carbonyl (C=O) groups excluding carboxylic acids is 1. The fourth-order valence-electron chi connectivity index (χ4n) is 1.41. The molecule has 0 heterocycles. The molecule has 1 aromatic rings. The van der Waals surface area contributed by atoms with E-state index in [1.165, 1.54) is 7.11 Å². The van der Waals surface area contributed by atoms with Crippen molar-refractivity contribution in [1.82, 2.24) is 0 Å². The number of nitrogen functional groups attached to an aromatic ring is 1. The molecule has 19 heavy (non-hydrogen) atoms. The second kappa shape index (κ2) is 6.10. The van der Waals surface area contributed by atoms with Gasteiger partial charge in [-0.1, -0.05) is 0 Å². The summed E-state index contributed by atoms with van der Waals surface area (Å²) in [4.78, 5) is 11.9. The highest BCUT2D eigenvalue weighted by atomic mass is 16.5. The fraction of sp³-hybridized carbons (Fsp3) is 0.429. The molecule has 1 aromatic carbocycles. The summed E-state index contributed by atoms with van der Waals surface area (Å²) in [5, 5.41) is 8.86. The lowest BCUT2D eigenvalue weighted by Crippen LogP contribution is -2.15. The summed E-state index contributed by atoms with van der Waals surface area (Å²) in [6.45, 7) is 3.78. The largest absolute Gasteiger partial charge is 0.496 e. The van der Waals surface area contributed by atoms with Crippen molar-refractivity contribution >= 4 is 11.7 Å². The summed E-state index contributed by atoms with van der Waals surface area (Å²) < 4.78 is 10.2. The van der Waals surface area contributed by atoms with Crippen LogP contribution in [0.15, 0.2) is 18.2 Å². The maximum absolute atomic E-state index is 11.9. The number of nitrogens with zero attached hydrogens (tertiary/aromatic N) is 1. The second-order valence-corrected chi connectivity index (χ2v) is 4.84. The van der Waals surface area contributed by atoms with Crippen LogP contribution in [0.1, 0.15) is 30.6 Å². The summed E-state index contributed by atoms with van der Waals surface area (Å²) in [5.74, 6) is -0.102. The Hall–Kier alpha value is -2.22. The predicted molar refractivity (Wildman–Crippen MR) is 71.7 cm³/mol. The summed E-state index contributed by atoms with van der Waals surface area (Å²) in [5.41, 5.74) is 5.94. The molecular formula is C14H18N2O3. The highest BCUT2D eigenvalue weighted by molar-refractivity contribution is 5.93. The van der Waals surface area contributed by atoms with Gasteiger partial charge in [-0.05, 0) is 32.4 Å². The summed E-state index contributed by atoms with van der Waals surface area (Å²) in [7, 11) is 1.46. The number of anilines is 1. The van der Waals surface area contributed by atoms with E-state index in [1.54, 1.807) is 32.0 Å². The first-order valence-corrected chi connectivity index (χ1v) is 5.91. The van der Waals surface area contributed by atoms with Gasteiger partial charge in [-0.25, -0.2) is 4.79 Å². The molecule has 5 heteroatoms. The van der Waals surface area contributed by atoms with Crippen molar-refractivity contribution in [2.75, 3.05) is 19.5 Å². The molecule has 0 fully saturated rings. The minimum atomic E-state index is -0.508. The van der Waals surface area contributed by atoms with E-state index in [0.717, 1.165) is 0 Å². The van der Waals surface area contributed by atoms with Crippen molar-refractivity contribution < 1.29 is 14.3 Å². The number of ether oxygens (including phenoxy) is 2. The molecule has 0 aliphatic carbocycles. The Bertz CT molecular complexity index is 504. The molecule has 0 bridgehead atoms. The Kier molecular flexibility index (Phi) is 4.76. The smallest absolute Gasteiger partial charge is 0.341 e. The third-order valence-corrected chi connectivity index (χ3v) is 2.71. The monoisotopic (exact) mass is 262 g/mol. The van der Waals surface area contributed by atoms with Gasteiger partial charge in [0.25, 0.3) is 0 Å². The number of hydrogen-bond donors (Lipinski definition) is 1. The SMILES string of the molecule is COc1cc(N)ccc1C(=O)OCCC(C)(C)C#N. The Morgan fingerprint density at radius 2 is 2.16 bits per heavy atom. The number of benzene rings is 1. The number of nitriles is 1. The molecule has 0 aromatic heterocycles. The zero-order valence-electron chi connectivity index (χ0n) is 11.4. The van der Waals surface area contributed by atoms with Crippen molar-refractivity contribution in [2.24, 2.45) is 5.41 Å². The third-order valence-electron chi connectivity index (χ3n) is 2.71. The van der Waals surface area contributed by atoms with Crippen LogP contribution in [-0.2, 0) is 4.74 Å². The van der Waals surface area contributed by atoms with Gasteiger partial charge in [-0.3, -0.25) is 0 Å². The summed E-state index contributed by atoms with van der Waals surface area (Å²) >= 11 is 0. The average molecular weight is 262 g/mol. The third kappa shape index (κ3) is 4.18. The maximum Gasteiger partial charge on any atom is 0.341 e. The number of esters is 1. The van der Waals surface area contributed by atoms with Crippen LogP contribution >= 0.6 is 0 Å². The standard InChI is InChI=1S/C14H18N2O3/c1-14(2,9-15)6-7-19-13(17)11-5-4-10(16)8-12(11)18-3/h4-5,8H,6-7,16H2,1-3H3. The number of carbonyl (C=O) groups is 1. The second-order valence-electron chi connectivity index (χ2n) is 4.84. The molecule has 0 saturated carbocycles. The number of rotatable bonds is 5. The minimum absolute atomic E-state index is 0.187. The quantitative estimate of drug-likeness (QED) is 0.650. The van der Waals surface area contributed by atoms with Crippen LogP contribution in [0.5, 0.6) is 5.75 Å². The molecule has 0 atom stereocenters. The number of methoxy groups -OCH3 is 1. The molecule has 102 valence electrons. The van der Waals surface area contributed by atoms with E-state index in [-0.39, 0.29) is 6.61 Å². The van der Waals surface area contributed by atoms with Gasteiger partial charge in [0.2, 0.25) is 0 Å². The minimum Gasteiger partial charge on any atom is -0.496 e. The Balaban J connectivity index is 2.67. The van der Waals surface area contributed by atoms with Crippen LogP contribution in [0.25, 0.3) is 0 Å². The van der Waals surface area contributed by atoms with Crippen LogP contribution in [0.3, 0.4) is 0 Å². The van der Waals surface area contributed by atoms with Crippen molar-refractivity contribution in [1.29, 1.82) is 5.26 Å². The van der Waals surface area contributed by atoms with E-state index in [4.69, 9.17) is 20.5 Å². The van der Waals surface area contributed by atoms with Crippen molar-refractivity contribution in [3.05, 3.63) is 23.8 Å².